The van der Waals surface area contributed by atoms with Gasteiger partial charge in [-0.25, -0.2) is 19.7 Å². The van der Waals surface area contributed by atoms with Gasteiger partial charge in [-0.2, -0.15) is 4.98 Å². The van der Waals surface area contributed by atoms with Gasteiger partial charge in [-0.3, -0.25) is 4.90 Å². The number of rotatable bonds is 4. The van der Waals surface area contributed by atoms with Gasteiger partial charge in [0.2, 0.25) is 0 Å². The van der Waals surface area contributed by atoms with Crippen molar-refractivity contribution in [1.82, 2.24) is 24.8 Å². The number of ether oxygens (including phenoxy) is 1. The zero-order valence-corrected chi connectivity index (χ0v) is 16.9. The van der Waals surface area contributed by atoms with E-state index in [0.717, 1.165) is 17.0 Å². The van der Waals surface area contributed by atoms with Crippen LogP contribution in [0.5, 0.6) is 11.8 Å². The standard InChI is InChI=1S/C20H16N6O4S/c27-20(28)26-11-8-12(26)10-25(9-11)19-24-15-14(29-18-22-4-1-5-23-18)3-2-13(16(15)30-19)17-21-6-7-31-17/h1-7,11-12H,8-10H2,(H,27,28). The molecule has 0 spiro atoms. The van der Waals surface area contributed by atoms with E-state index in [1.165, 1.54) is 16.2 Å². The van der Waals surface area contributed by atoms with E-state index in [2.05, 4.69) is 15.0 Å². The molecule has 3 fully saturated rings. The van der Waals surface area contributed by atoms with Crippen LogP contribution in [0.25, 0.3) is 21.7 Å². The zero-order chi connectivity index (χ0) is 20.9. The summed E-state index contributed by atoms with van der Waals surface area (Å²) in [6.45, 7) is 1.08. The molecule has 0 saturated carbocycles. The number of carbonyl (C=O) groups is 1. The fourth-order valence-corrected chi connectivity index (χ4v) is 4.89. The molecule has 3 aliphatic rings. The second kappa shape index (κ2) is 6.91. The van der Waals surface area contributed by atoms with Crippen molar-refractivity contribution in [1.29, 1.82) is 0 Å². The fraction of sp³-hybridized carbons (Fsp3) is 0.250. The first-order chi connectivity index (χ1) is 15.2. The number of carboxylic acid groups (broad SMARTS) is 1. The topological polar surface area (TPSA) is 118 Å². The molecule has 10 nitrogen and oxygen atoms in total. The Morgan fingerprint density at radius 2 is 1.97 bits per heavy atom. The Kier molecular flexibility index (Phi) is 4.03. The number of oxazole rings is 1. The minimum absolute atomic E-state index is 0.0434. The van der Waals surface area contributed by atoms with Crippen LogP contribution in [0, 0.1) is 0 Å². The predicted molar refractivity (Wildman–Crippen MR) is 111 cm³/mol. The molecule has 0 aliphatic carbocycles. The lowest BCUT2D eigenvalue weighted by molar-refractivity contribution is 0.0101. The summed E-state index contributed by atoms with van der Waals surface area (Å²) >= 11 is 1.51. The van der Waals surface area contributed by atoms with Gasteiger partial charge < -0.3 is 19.2 Å². The molecule has 3 saturated heterocycles. The summed E-state index contributed by atoms with van der Waals surface area (Å²) in [7, 11) is 0. The van der Waals surface area contributed by atoms with Gasteiger partial charge in [0.15, 0.2) is 16.8 Å². The molecule has 7 rings (SSSR count). The van der Waals surface area contributed by atoms with Crippen molar-refractivity contribution < 1.29 is 19.1 Å². The third-order valence-electron chi connectivity index (χ3n) is 5.59. The molecule has 11 heteroatoms. The van der Waals surface area contributed by atoms with Crippen LogP contribution < -0.4 is 9.64 Å². The highest BCUT2D eigenvalue weighted by Crippen LogP contribution is 2.40. The molecular formula is C20H16N6O4S. The van der Waals surface area contributed by atoms with E-state index in [1.807, 2.05) is 22.4 Å². The first kappa shape index (κ1) is 18.1. The molecule has 156 valence electrons. The monoisotopic (exact) mass is 436 g/mol. The highest BCUT2D eigenvalue weighted by Gasteiger charge is 2.48. The van der Waals surface area contributed by atoms with Crippen LogP contribution in [-0.4, -0.2) is 61.2 Å². The maximum atomic E-state index is 11.4. The summed E-state index contributed by atoms with van der Waals surface area (Å²) in [5, 5.41) is 12.1. The van der Waals surface area contributed by atoms with Gasteiger partial charge in [0.05, 0.1) is 17.6 Å². The van der Waals surface area contributed by atoms with E-state index in [9.17, 15) is 9.90 Å². The number of aromatic nitrogens is 4. The van der Waals surface area contributed by atoms with E-state index in [1.54, 1.807) is 24.7 Å². The largest absolute Gasteiger partial charge is 0.465 e. The average Bonchev–Trinajstić information content (AvgIpc) is 3.45. The molecule has 3 aliphatic heterocycles. The molecule has 31 heavy (non-hydrogen) atoms. The molecule has 2 atom stereocenters. The van der Waals surface area contributed by atoms with Crippen molar-refractivity contribution >= 4 is 34.5 Å². The van der Waals surface area contributed by atoms with Crippen molar-refractivity contribution in [3.05, 3.63) is 42.2 Å². The average molecular weight is 436 g/mol. The van der Waals surface area contributed by atoms with Crippen molar-refractivity contribution in [2.45, 2.75) is 18.5 Å². The molecule has 6 heterocycles. The minimum atomic E-state index is -0.872. The molecule has 2 unspecified atom stereocenters. The molecule has 1 N–H and O–H groups in total. The van der Waals surface area contributed by atoms with Crippen LogP contribution in [0.1, 0.15) is 6.42 Å². The number of thiazole rings is 1. The van der Waals surface area contributed by atoms with Gasteiger partial charge in [0, 0.05) is 37.1 Å². The summed E-state index contributed by atoms with van der Waals surface area (Å²) < 4.78 is 12.1. The van der Waals surface area contributed by atoms with E-state index in [-0.39, 0.29) is 18.1 Å². The molecule has 3 aromatic heterocycles. The number of anilines is 1. The lowest BCUT2D eigenvalue weighted by atomic mass is 9.88. The van der Waals surface area contributed by atoms with Crippen molar-refractivity contribution in [2.24, 2.45) is 0 Å². The highest BCUT2D eigenvalue weighted by molar-refractivity contribution is 7.13. The van der Waals surface area contributed by atoms with Crippen molar-refractivity contribution in [3.8, 4) is 22.3 Å². The number of piperazine rings is 1. The quantitative estimate of drug-likeness (QED) is 0.513. The van der Waals surface area contributed by atoms with Gasteiger partial charge >= 0.3 is 12.1 Å². The van der Waals surface area contributed by atoms with Gasteiger partial charge in [0.1, 0.15) is 5.01 Å². The summed E-state index contributed by atoms with van der Waals surface area (Å²) in [5.74, 6) is 0.478. The van der Waals surface area contributed by atoms with Gasteiger partial charge in [-0.15, -0.1) is 11.3 Å². The first-order valence-electron chi connectivity index (χ1n) is 9.72. The van der Waals surface area contributed by atoms with Crippen LogP contribution in [0.3, 0.4) is 0 Å². The lowest BCUT2D eigenvalue weighted by Crippen LogP contribution is -2.70. The second-order valence-electron chi connectivity index (χ2n) is 7.39. The Morgan fingerprint density at radius 1 is 1.16 bits per heavy atom. The lowest BCUT2D eigenvalue weighted by Gasteiger charge is -2.54. The molecular weight excluding hydrogens is 420 g/mol. The summed E-state index contributed by atoms with van der Waals surface area (Å²) in [5.41, 5.74) is 1.93. The molecule has 4 aromatic rings. The van der Waals surface area contributed by atoms with Crippen LogP contribution in [0.15, 0.2) is 46.6 Å². The number of hydrogen-bond donors (Lipinski definition) is 1. The van der Waals surface area contributed by atoms with Crippen LogP contribution in [0.2, 0.25) is 0 Å². The van der Waals surface area contributed by atoms with Gasteiger partial charge in [-0.1, -0.05) is 0 Å². The van der Waals surface area contributed by atoms with Gasteiger partial charge in [-0.05, 0) is 24.6 Å². The van der Waals surface area contributed by atoms with Gasteiger partial charge in [0.25, 0.3) is 6.01 Å². The van der Waals surface area contributed by atoms with Crippen LogP contribution in [-0.2, 0) is 0 Å². The summed E-state index contributed by atoms with van der Waals surface area (Å²) in [4.78, 5) is 32.3. The number of benzene rings is 1. The molecule has 2 bridgehead atoms. The summed E-state index contributed by atoms with van der Waals surface area (Å²) in [6.07, 6.45) is 4.94. The number of amides is 1. The third kappa shape index (κ3) is 2.96. The van der Waals surface area contributed by atoms with E-state index in [0.29, 0.717) is 36.0 Å². The SMILES string of the molecule is O=C(O)N1C2CC1CN(c1nc3c(Oc4ncccn4)ccc(-c4nccs4)c3o1)C2. The van der Waals surface area contributed by atoms with Crippen LogP contribution >= 0.6 is 11.3 Å². The fourth-order valence-electron chi connectivity index (χ4n) is 4.23. The van der Waals surface area contributed by atoms with E-state index in [4.69, 9.17) is 14.1 Å². The van der Waals surface area contributed by atoms with E-state index < -0.39 is 6.09 Å². The highest BCUT2D eigenvalue weighted by atomic mass is 32.1. The van der Waals surface area contributed by atoms with E-state index >= 15 is 0 Å². The maximum absolute atomic E-state index is 11.4. The predicted octanol–water partition coefficient (Wildman–Crippen LogP) is 3.47. The minimum Gasteiger partial charge on any atom is -0.465 e. The normalized spacial score (nSPS) is 20.0. The molecule has 0 radical (unpaired) electrons. The van der Waals surface area contributed by atoms with Crippen molar-refractivity contribution in [3.63, 3.8) is 0 Å². The Bertz CT molecular complexity index is 1250. The number of hydrogen-bond acceptors (Lipinski definition) is 9. The first-order valence-corrected chi connectivity index (χ1v) is 10.6. The molecule has 1 aromatic carbocycles. The number of piperidine rings is 1. The number of fused-ring (bicyclic) bond motifs is 3. The Balaban J connectivity index is 1.40. The number of nitrogens with zero attached hydrogens (tertiary/aromatic N) is 6. The third-order valence-corrected chi connectivity index (χ3v) is 6.39. The zero-order valence-electron chi connectivity index (χ0n) is 16.1. The Hall–Kier alpha value is -3.73. The van der Waals surface area contributed by atoms with Crippen molar-refractivity contribution in [2.75, 3.05) is 18.0 Å². The smallest absolute Gasteiger partial charge is 0.407 e. The Labute approximate surface area is 179 Å². The molecule has 1 amide bonds. The second-order valence-corrected chi connectivity index (χ2v) is 8.29. The summed E-state index contributed by atoms with van der Waals surface area (Å²) in [6, 6.07) is 5.97. The van der Waals surface area contributed by atoms with Crippen LogP contribution in [0.4, 0.5) is 10.8 Å². The maximum Gasteiger partial charge on any atom is 0.407 e. The Morgan fingerprint density at radius 3 is 2.68 bits per heavy atom.